The molecule has 2 aliphatic rings. The van der Waals surface area contributed by atoms with Crippen molar-refractivity contribution in [3.05, 3.63) is 71.5 Å². The molecule has 5 nitrogen and oxygen atoms in total. The van der Waals surface area contributed by atoms with E-state index in [-0.39, 0.29) is 29.7 Å². The Balaban J connectivity index is 1.38. The number of likely N-dealkylation sites (tertiary alicyclic amines) is 2. The smallest absolute Gasteiger partial charge is 0.253 e. The number of nitrogens with two attached hydrogens (primary N) is 1. The zero-order valence-electron chi connectivity index (χ0n) is 16.3. The minimum atomic E-state index is -0.421. The maximum atomic E-state index is 13.5. The summed E-state index contributed by atoms with van der Waals surface area (Å²) in [5.74, 6) is -0.659. The minimum Gasteiger partial charge on any atom is -0.368 e. The Bertz CT molecular complexity index is 889. The van der Waals surface area contributed by atoms with Gasteiger partial charge in [-0.15, -0.1) is 0 Å². The summed E-state index contributed by atoms with van der Waals surface area (Å²) in [6.07, 6.45) is 1.92. The number of rotatable bonds is 6. The molecule has 2 unspecified atom stereocenters. The van der Waals surface area contributed by atoms with Crippen molar-refractivity contribution in [1.29, 1.82) is 0 Å². The second-order valence-electron chi connectivity index (χ2n) is 8.08. The first-order valence-corrected chi connectivity index (χ1v) is 10.1. The Labute approximate surface area is 170 Å². The van der Waals surface area contributed by atoms with Gasteiger partial charge in [-0.25, -0.2) is 4.39 Å². The third-order valence-electron chi connectivity index (χ3n) is 6.16. The molecule has 2 N–H and O–H groups in total. The quantitative estimate of drug-likeness (QED) is 0.816. The van der Waals surface area contributed by atoms with Crippen LogP contribution in [0.4, 0.5) is 4.39 Å². The maximum absolute atomic E-state index is 13.5. The fourth-order valence-electron chi connectivity index (χ4n) is 4.86. The van der Waals surface area contributed by atoms with E-state index >= 15 is 0 Å². The number of carbonyl (C=O) groups is 2. The van der Waals surface area contributed by atoms with Crippen LogP contribution in [0.1, 0.15) is 22.3 Å². The van der Waals surface area contributed by atoms with Crippen LogP contribution in [0, 0.1) is 17.7 Å². The molecule has 4 rings (SSSR count). The maximum Gasteiger partial charge on any atom is 0.253 e. The number of hydrogen-bond acceptors (Lipinski definition) is 3. The number of nitrogens with zero attached hydrogens (tertiary/aromatic N) is 2. The average Bonchev–Trinajstić information content (AvgIpc) is 3.25. The van der Waals surface area contributed by atoms with E-state index in [9.17, 15) is 14.0 Å². The number of halogens is 1. The van der Waals surface area contributed by atoms with Crippen LogP contribution in [0.15, 0.2) is 54.6 Å². The van der Waals surface area contributed by atoms with E-state index in [1.165, 1.54) is 17.7 Å². The molecule has 0 aromatic heterocycles. The van der Waals surface area contributed by atoms with Crippen LogP contribution < -0.4 is 5.73 Å². The van der Waals surface area contributed by atoms with Crippen LogP contribution in [-0.4, -0.2) is 53.8 Å². The summed E-state index contributed by atoms with van der Waals surface area (Å²) in [5.41, 5.74) is 7.38. The monoisotopic (exact) mass is 395 g/mol. The summed E-state index contributed by atoms with van der Waals surface area (Å²) < 4.78 is 13.5. The first-order valence-electron chi connectivity index (χ1n) is 10.1. The van der Waals surface area contributed by atoms with Crippen molar-refractivity contribution in [2.45, 2.75) is 18.9 Å². The third kappa shape index (κ3) is 4.17. The van der Waals surface area contributed by atoms with Gasteiger partial charge in [0, 0.05) is 31.1 Å². The highest BCUT2D eigenvalue weighted by Crippen LogP contribution is 2.37. The first kappa shape index (κ1) is 19.6. The zero-order valence-corrected chi connectivity index (χ0v) is 16.3. The van der Waals surface area contributed by atoms with Gasteiger partial charge in [-0.2, -0.15) is 0 Å². The molecule has 3 atom stereocenters. The molecule has 2 aromatic rings. The number of benzene rings is 2. The molecule has 2 amide bonds. The van der Waals surface area contributed by atoms with Gasteiger partial charge in [-0.1, -0.05) is 36.4 Å². The fraction of sp³-hybridized carbons (Fsp3) is 0.391. The second-order valence-corrected chi connectivity index (χ2v) is 8.08. The molecule has 152 valence electrons. The highest BCUT2D eigenvalue weighted by atomic mass is 19.1. The number of aryl methyl sites for hydroxylation is 1. The zero-order chi connectivity index (χ0) is 20.4. The Kier molecular flexibility index (Phi) is 5.62. The average molecular weight is 395 g/mol. The lowest BCUT2D eigenvalue weighted by Gasteiger charge is -2.27. The standard InChI is InChI=1S/C23H26FN3O2/c24-19-10-4-9-17(12-19)23(29)27-14-18-13-26(21(22(25)28)20(18)15-27)11-5-8-16-6-2-1-3-7-16/h1-4,6-7,9-10,12,18,20-21H,5,8,11,13-15H2,(H2,25,28)/t18?,20-,21?/m1/s1. The molecule has 0 saturated carbocycles. The van der Waals surface area contributed by atoms with Crippen molar-refractivity contribution in [3.63, 3.8) is 0 Å². The van der Waals surface area contributed by atoms with E-state index < -0.39 is 5.82 Å². The molecule has 2 saturated heterocycles. The minimum absolute atomic E-state index is 0.0433. The number of fused-ring (bicyclic) bond motifs is 1. The van der Waals surface area contributed by atoms with Crippen molar-refractivity contribution < 1.29 is 14.0 Å². The van der Waals surface area contributed by atoms with Gasteiger partial charge < -0.3 is 10.6 Å². The van der Waals surface area contributed by atoms with E-state index in [0.29, 0.717) is 18.7 Å². The Morgan fingerprint density at radius 2 is 1.83 bits per heavy atom. The van der Waals surface area contributed by atoms with Crippen molar-refractivity contribution in [1.82, 2.24) is 9.80 Å². The third-order valence-corrected chi connectivity index (χ3v) is 6.16. The number of primary amides is 1. The van der Waals surface area contributed by atoms with Crippen LogP contribution in [0.5, 0.6) is 0 Å². The Morgan fingerprint density at radius 1 is 1.03 bits per heavy atom. The van der Waals surface area contributed by atoms with Gasteiger partial charge in [0.25, 0.3) is 5.91 Å². The van der Waals surface area contributed by atoms with Crippen LogP contribution in [-0.2, 0) is 11.2 Å². The summed E-state index contributed by atoms with van der Waals surface area (Å²) in [4.78, 5) is 28.9. The summed E-state index contributed by atoms with van der Waals surface area (Å²) in [5, 5.41) is 0. The number of carbonyl (C=O) groups excluding carboxylic acids is 2. The first-order chi connectivity index (χ1) is 14.0. The molecule has 2 aliphatic heterocycles. The lowest BCUT2D eigenvalue weighted by atomic mass is 9.94. The highest BCUT2D eigenvalue weighted by molar-refractivity contribution is 5.94. The van der Waals surface area contributed by atoms with Crippen molar-refractivity contribution in [2.24, 2.45) is 17.6 Å². The van der Waals surface area contributed by atoms with E-state index in [1.807, 2.05) is 18.2 Å². The summed E-state index contributed by atoms with van der Waals surface area (Å²) in [6, 6.07) is 15.7. The van der Waals surface area contributed by atoms with Gasteiger partial charge in [0.15, 0.2) is 0 Å². The number of hydrogen-bond donors (Lipinski definition) is 1. The molecule has 2 fully saturated rings. The topological polar surface area (TPSA) is 66.6 Å². The predicted molar refractivity (Wildman–Crippen MR) is 109 cm³/mol. The Hall–Kier alpha value is -2.73. The highest BCUT2D eigenvalue weighted by Gasteiger charge is 2.50. The van der Waals surface area contributed by atoms with Gasteiger partial charge in [0.2, 0.25) is 5.91 Å². The van der Waals surface area contributed by atoms with Crippen LogP contribution >= 0.6 is 0 Å². The summed E-state index contributed by atoms with van der Waals surface area (Å²) in [7, 11) is 0. The molecule has 2 aromatic carbocycles. The van der Waals surface area contributed by atoms with Gasteiger partial charge in [0.1, 0.15) is 5.82 Å². The van der Waals surface area contributed by atoms with Crippen LogP contribution in [0.3, 0.4) is 0 Å². The van der Waals surface area contributed by atoms with Gasteiger partial charge in [-0.3, -0.25) is 14.5 Å². The molecule has 2 heterocycles. The Morgan fingerprint density at radius 3 is 2.55 bits per heavy atom. The largest absolute Gasteiger partial charge is 0.368 e. The molecule has 0 spiro atoms. The SMILES string of the molecule is NC(=O)C1[C@@H]2CN(C(=O)c3cccc(F)c3)CC2CN1CCCc1ccccc1. The molecule has 6 heteroatoms. The number of amides is 2. The van der Waals surface area contributed by atoms with Crippen LogP contribution in [0.25, 0.3) is 0 Å². The molecular weight excluding hydrogens is 369 g/mol. The summed E-state index contributed by atoms with van der Waals surface area (Å²) in [6.45, 7) is 2.65. The summed E-state index contributed by atoms with van der Waals surface area (Å²) >= 11 is 0. The second kappa shape index (κ2) is 8.33. The van der Waals surface area contributed by atoms with E-state index in [0.717, 1.165) is 25.9 Å². The van der Waals surface area contributed by atoms with Crippen LogP contribution in [0.2, 0.25) is 0 Å². The van der Waals surface area contributed by atoms with E-state index in [4.69, 9.17) is 5.73 Å². The van der Waals surface area contributed by atoms with Gasteiger partial charge in [0.05, 0.1) is 6.04 Å². The molecule has 0 aliphatic carbocycles. The molecule has 0 radical (unpaired) electrons. The van der Waals surface area contributed by atoms with E-state index in [2.05, 4.69) is 17.0 Å². The predicted octanol–water partition coefficient (Wildman–Crippen LogP) is 2.32. The van der Waals surface area contributed by atoms with Gasteiger partial charge in [-0.05, 0) is 49.1 Å². The fourth-order valence-corrected chi connectivity index (χ4v) is 4.86. The van der Waals surface area contributed by atoms with Crippen molar-refractivity contribution in [2.75, 3.05) is 26.2 Å². The molecule has 0 bridgehead atoms. The van der Waals surface area contributed by atoms with Crippen molar-refractivity contribution in [3.8, 4) is 0 Å². The normalized spacial score (nSPS) is 23.9. The lowest BCUT2D eigenvalue weighted by molar-refractivity contribution is -0.123. The van der Waals surface area contributed by atoms with Crippen molar-refractivity contribution >= 4 is 11.8 Å². The van der Waals surface area contributed by atoms with E-state index in [1.54, 1.807) is 17.0 Å². The molecular formula is C23H26FN3O2. The molecule has 29 heavy (non-hydrogen) atoms. The lowest BCUT2D eigenvalue weighted by Crippen LogP contribution is -2.46. The van der Waals surface area contributed by atoms with Gasteiger partial charge >= 0.3 is 0 Å².